The molecule has 0 bridgehead atoms. The topological polar surface area (TPSA) is 170 Å². The van der Waals surface area contributed by atoms with Crippen molar-refractivity contribution in [2.75, 3.05) is 24.9 Å². The van der Waals surface area contributed by atoms with E-state index in [-0.39, 0.29) is 40.0 Å². The lowest BCUT2D eigenvalue weighted by Gasteiger charge is -2.32. The van der Waals surface area contributed by atoms with Crippen molar-refractivity contribution in [1.82, 2.24) is 9.69 Å². The van der Waals surface area contributed by atoms with Crippen molar-refractivity contribution in [2.24, 2.45) is 5.73 Å². The van der Waals surface area contributed by atoms with E-state index in [0.29, 0.717) is 22.8 Å². The van der Waals surface area contributed by atoms with Crippen molar-refractivity contribution >= 4 is 40.6 Å². The maximum atomic E-state index is 14.2. The highest BCUT2D eigenvalue weighted by Crippen LogP contribution is 2.40. The number of carbonyl (C=O) groups is 3. The number of benzene rings is 3. The Morgan fingerprint density at radius 1 is 1.02 bits per heavy atom. The SMILES string of the molecule is COc1ccc(N(C(=O)c2snc(C(N)=O)c2N)[C@@H](C(=O)NCc2ccccc2)c2ccc(O)cc2)c(OC)c1. The van der Waals surface area contributed by atoms with E-state index < -0.39 is 23.8 Å². The zero-order valence-corrected chi connectivity index (χ0v) is 22.5. The van der Waals surface area contributed by atoms with Crippen LogP contribution in [0.1, 0.15) is 37.3 Å². The van der Waals surface area contributed by atoms with E-state index in [9.17, 15) is 19.5 Å². The number of amides is 3. The molecule has 3 aromatic carbocycles. The van der Waals surface area contributed by atoms with Crippen LogP contribution in [0.15, 0.2) is 72.8 Å². The maximum absolute atomic E-state index is 14.2. The minimum atomic E-state index is -1.27. The number of phenols is 1. The molecule has 4 aromatic rings. The second-order valence-corrected chi connectivity index (χ2v) is 9.32. The number of phenolic OH excluding ortho intramolecular Hbond substituents is 1. The van der Waals surface area contributed by atoms with Crippen LogP contribution in [-0.2, 0) is 11.3 Å². The molecule has 4 rings (SSSR count). The molecular weight excluding hydrogens is 534 g/mol. The summed E-state index contributed by atoms with van der Waals surface area (Å²) in [6.45, 7) is 0.185. The number of primary amides is 1. The molecule has 0 unspecified atom stereocenters. The fourth-order valence-corrected chi connectivity index (χ4v) is 4.79. The molecule has 3 amide bonds. The third-order valence-electron chi connectivity index (χ3n) is 6.05. The Morgan fingerprint density at radius 2 is 1.73 bits per heavy atom. The predicted molar refractivity (Wildman–Crippen MR) is 151 cm³/mol. The van der Waals surface area contributed by atoms with Gasteiger partial charge in [-0.25, -0.2) is 0 Å². The standard InChI is InChI=1S/C28H27N5O6S/c1-38-19-12-13-20(21(14-19)39-2)33(28(37)25-22(29)23(26(30)35)32-40-25)24(17-8-10-18(34)11-9-17)27(36)31-15-16-6-4-3-5-7-16/h3-14,24,34H,15,29H2,1-2H3,(H2,30,35)(H,31,36)/t24-/m1/s1. The van der Waals surface area contributed by atoms with Crippen LogP contribution in [0.25, 0.3) is 0 Å². The molecule has 0 aliphatic carbocycles. The fraction of sp³-hybridized carbons (Fsp3) is 0.143. The van der Waals surface area contributed by atoms with E-state index in [2.05, 4.69) is 9.69 Å². The summed E-state index contributed by atoms with van der Waals surface area (Å²) in [6, 6.07) is 18.6. The number of aromatic hydroxyl groups is 1. The summed E-state index contributed by atoms with van der Waals surface area (Å²) in [7, 11) is 2.90. The van der Waals surface area contributed by atoms with Crippen molar-refractivity contribution in [3.05, 3.63) is 94.5 Å². The van der Waals surface area contributed by atoms with Crippen LogP contribution < -0.4 is 31.2 Å². The molecule has 0 radical (unpaired) electrons. The Morgan fingerprint density at radius 3 is 2.33 bits per heavy atom. The lowest BCUT2D eigenvalue weighted by molar-refractivity contribution is -0.122. The number of nitrogens with two attached hydrogens (primary N) is 2. The second kappa shape index (κ2) is 12.2. The number of ether oxygens (including phenoxy) is 2. The van der Waals surface area contributed by atoms with Gasteiger partial charge >= 0.3 is 0 Å². The molecule has 1 heterocycles. The molecule has 6 N–H and O–H groups in total. The molecular formula is C28H27N5O6S. The lowest BCUT2D eigenvalue weighted by Crippen LogP contribution is -2.44. The number of nitrogen functional groups attached to an aromatic ring is 1. The van der Waals surface area contributed by atoms with Crippen molar-refractivity contribution < 1.29 is 29.0 Å². The molecule has 1 aromatic heterocycles. The minimum absolute atomic E-state index is 0.0232. The van der Waals surface area contributed by atoms with Crippen LogP contribution in [-0.4, -0.2) is 41.4 Å². The molecule has 0 saturated heterocycles. The number of anilines is 2. The van der Waals surface area contributed by atoms with Crippen LogP contribution in [0.2, 0.25) is 0 Å². The van der Waals surface area contributed by atoms with E-state index in [0.717, 1.165) is 5.56 Å². The predicted octanol–water partition coefficient (Wildman–Crippen LogP) is 3.25. The van der Waals surface area contributed by atoms with Crippen LogP contribution in [0.5, 0.6) is 17.2 Å². The van der Waals surface area contributed by atoms with Crippen molar-refractivity contribution in [2.45, 2.75) is 12.6 Å². The lowest BCUT2D eigenvalue weighted by atomic mass is 10.0. The van der Waals surface area contributed by atoms with Gasteiger partial charge in [-0.1, -0.05) is 42.5 Å². The average Bonchev–Trinajstić information content (AvgIpc) is 3.36. The third kappa shape index (κ3) is 5.81. The van der Waals surface area contributed by atoms with Gasteiger partial charge in [0, 0.05) is 12.6 Å². The van der Waals surface area contributed by atoms with Gasteiger partial charge in [0.25, 0.3) is 11.8 Å². The van der Waals surface area contributed by atoms with Gasteiger partial charge in [0.05, 0.1) is 25.6 Å². The monoisotopic (exact) mass is 561 g/mol. The van der Waals surface area contributed by atoms with Gasteiger partial charge in [-0.15, -0.1) is 0 Å². The van der Waals surface area contributed by atoms with Crippen molar-refractivity contribution in [3.8, 4) is 17.2 Å². The van der Waals surface area contributed by atoms with E-state index in [1.54, 1.807) is 18.2 Å². The highest BCUT2D eigenvalue weighted by atomic mass is 32.1. The van der Waals surface area contributed by atoms with Gasteiger partial charge < -0.3 is 31.4 Å². The summed E-state index contributed by atoms with van der Waals surface area (Å²) in [5, 5.41) is 12.8. The summed E-state index contributed by atoms with van der Waals surface area (Å²) in [4.78, 5) is 41.1. The van der Waals surface area contributed by atoms with Crippen LogP contribution >= 0.6 is 11.5 Å². The molecule has 0 aliphatic heterocycles. The Bertz CT molecular complexity index is 1520. The van der Waals surface area contributed by atoms with E-state index >= 15 is 0 Å². The highest BCUT2D eigenvalue weighted by Gasteiger charge is 2.37. The second-order valence-electron chi connectivity index (χ2n) is 8.55. The van der Waals surface area contributed by atoms with Gasteiger partial charge in [0.2, 0.25) is 5.91 Å². The minimum Gasteiger partial charge on any atom is -0.508 e. The third-order valence-corrected chi connectivity index (χ3v) is 6.90. The fourth-order valence-electron chi connectivity index (χ4n) is 4.04. The van der Waals surface area contributed by atoms with Gasteiger partial charge in [-0.2, -0.15) is 4.37 Å². The Balaban J connectivity index is 1.89. The Hall–Kier alpha value is -5.10. The number of hydrogen-bond acceptors (Lipinski definition) is 9. The summed E-state index contributed by atoms with van der Waals surface area (Å²) < 4.78 is 14.8. The highest BCUT2D eigenvalue weighted by molar-refractivity contribution is 7.09. The molecule has 0 saturated carbocycles. The number of carbonyl (C=O) groups excluding carboxylic acids is 3. The van der Waals surface area contributed by atoms with Gasteiger partial charge in [0.15, 0.2) is 5.69 Å². The van der Waals surface area contributed by atoms with Gasteiger partial charge in [-0.05, 0) is 46.9 Å². The number of nitrogens with zero attached hydrogens (tertiary/aromatic N) is 2. The summed E-state index contributed by atoms with van der Waals surface area (Å²) >= 11 is 0.689. The smallest absolute Gasteiger partial charge is 0.273 e. The van der Waals surface area contributed by atoms with E-state index in [4.69, 9.17) is 20.9 Å². The zero-order valence-electron chi connectivity index (χ0n) is 21.7. The first-order valence-corrected chi connectivity index (χ1v) is 12.7. The van der Waals surface area contributed by atoms with E-state index in [1.807, 2.05) is 30.3 Å². The molecule has 1 atom stereocenters. The zero-order chi connectivity index (χ0) is 28.8. The number of methoxy groups -OCH3 is 2. The largest absolute Gasteiger partial charge is 0.508 e. The molecule has 0 spiro atoms. The van der Waals surface area contributed by atoms with Crippen LogP contribution in [0.3, 0.4) is 0 Å². The van der Waals surface area contributed by atoms with Crippen LogP contribution in [0.4, 0.5) is 11.4 Å². The number of aromatic nitrogens is 1. The van der Waals surface area contributed by atoms with Crippen molar-refractivity contribution in [1.29, 1.82) is 0 Å². The molecule has 12 heteroatoms. The van der Waals surface area contributed by atoms with Crippen molar-refractivity contribution in [3.63, 3.8) is 0 Å². The van der Waals surface area contributed by atoms with E-state index in [1.165, 1.54) is 43.4 Å². The van der Waals surface area contributed by atoms with Gasteiger partial charge in [-0.3, -0.25) is 19.3 Å². The molecule has 206 valence electrons. The Labute approximate surface area is 234 Å². The van der Waals surface area contributed by atoms with Crippen LogP contribution in [0, 0.1) is 0 Å². The number of nitrogens with one attached hydrogen (secondary N) is 1. The molecule has 0 fully saturated rings. The summed E-state index contributed by atoms with van der Waals surface area (Å²) in [5.41, 5.74) is 12.5. The first-order chi connectivity index (χ1) is 19.2. The summed E-state index contributed by atoms with van der Waals surface area (Å²) in [6.07, 6.45) is 0. The number of hydrogen-bond donors (Lipinski definition) is 4. The quantitative estimate of drug-likeness (QED) is 0.229. The Kier molecular flexibility index (Phi) is 8.50. The molecule has 40 heavy (non-hydrogen) atoms. The first-order valence-electron chi connectivity index (χ1n) is 12.0. The maximum Gasteiger partial charge on any atom is 0.273 e. The van der Waals surface area contributed by atoms with Gasteiger partial charge in [0.1, 0.15) is 28.2 Å². The summed E-state index contributed by atoms with van der Waals surface area (Å²) in [5.74, 6) is -1.48. The number of rotatable bonds is 10. The molecule has 0 aliphatic rings. The average molecular weight is 562 g/mol. The first kappa shape index (κ1) is 27.9. The normalized spacial score (nSPS) is 11.3. The molecule has 11 nitrogen and oxygen atoms in total.